The molecule has 0 aliphatic carbocycles. The Morgan fingerprint density at radius 1 is 1.00 bits per heavy atom. The molecule has 0 aromatic heterocycles. The zero-order valence-electron chi connectivity index (χ0n) is 7.79. The van der Waals surface area contributed by atoms with Crippen molar-refractivity contribution < 1.29 is 14.2 Å². The summed E-state index contributed by atoms with van der Waals surface area (Å²) in [6, 6.07) is 0. The van der Waals surface area contributed by atoms with Gasteiger partial charge in [0.15, 0.2) is 0 Å². The second-order valence-electron chi connectivity index (χ2n) is 2.38. The summed E-state index contributed by atoms with van der Waals surface area (Å²) in [4.78, 5) is 0. The van der Waals surface area contributed by atoms with Crippen LogP contribution >= 0.6 is 0 Å². The summed E-state index contributed by atoms with van der Waals surface area (Å²) in [6.45, 7) is 8.45. The van der Waals surface area contributed by atoms with E-state index >= 15 is 0 Å². The van der Waals surface area contributed by atoms with Crippen LogP contribution in [0.15, 0.2) is 0 Å². The van der Waals surface area contributed by atoms with Crippen LogP contribution in [0.4, 0.5) is 0 Å². The molecular weight excluding hydrogens is 144 g/mol. The summed E-state index contributed by atoms with van der Waals surface area (Å²) in [5, 5.41) is 0. The molecule has 3 heteroatoms. The van der Waals surface area contributed by atoms with Crippen molar-refractivity contribution in [2.45, 2.75) is 40.3 Å². The summed E-state index contributed by atoms with van der Waals surface area (Å²) in [5.74, 6) is 0. The van der Waals surface area contributed by atoms with Crippen LogP contribution in [0.2, 0.25) is 0 Å². The molecule has 3 nitrogen and oxygen atoms in total. The summed E-state index contributed by atoms with van der Waals surface area (Å²) in [5.41, 5.74) is 0. The Labute approximate surface area is 68.6 Å². The van der Waals surface area contributed by atoms with Gasteiger partial charge in [0.05, 0.1) is 6.10 Å². The molecule has 0 saturated heterocycles. The minimum atomic E-state index is -0.495. The lowest BCUT2D eigenvalue weighted by Crippen LogP contribution is -2.24. The zero-order chi connectivity index (χ0) is 8.69. The molecule has 0 aliphatic heterocycles. The lowest BCUT2D eigenvalue weighted by atomic mass is 10.5. The SMILES string of the molecule is CCOC(OCC)OC(C)C. The molecule has 0 bridgehead atoms. The highest BCUT2D eigenvalue weighted by atomic mass is 16.8. The van der Waals surface area contributed by atoms with Crippen molar-refractivity contribution in [1.29, 1.82) is 0 Å². The maximum atomic E-state index is 5.29. The molecule has 0 fully saturated rings. The first-order chi connectivity index (χ1) is 5.20. The van der Waals surface area contributed by atoms with Gasteiger partial charge in [-0.05, 0) is 27.7 Å². The minimum Gasteiger partial charge on any atom is -0.330 e. The third-order valence-electron chi connectivity index (χ3n) is 0.989. The van der Waals surface area contributed by atoms with E-state index in [1.165, 1.54) is 0 Å². The molecular formula is C8H18O3. The van der Waals surface area contributed by atoms with Crippen molar-refractivity contribution in [1.82, 2.24) is 0 Å². The van der Waals surface area contributed by atoms with E-state index < -0.39 is 6.48 Å². The zero-order valence-corrected chi connectivity index (χ0v) is 7.79. The van der Waals surface area contributed by atoms with Crippen LogP contribution in [0, 0.1) is 0 Å². The monoisotopic (exact) mass is 162 g/mol. The van der Waals surface area contributed by atoms with Gasteiger partial charge in [0, 0.05) is 13.2 Å². The van der Waals surface area contributed by atoms with Crippen molar-refractivity contribution in [2.24, 2.45) is 0 Å². The molecule has 68 valence electrons. The average molecular weight is 162 g/mol. The van der Waals surface area contributed by atoms with Crippen molar-refractivity contribution in [3.8, 4) is 0 Å². The minimum absolute atomic E-state index is 0.137. The molecule has 11 heavy (non-hydrogen) atoms. The average Bonchev–Trinajstić information content (AvgIpc) is 1.87. The van der Waals surface area contributed by atoms with Gasteiger partial charge in [-0.2, -0.15) is 0 Å². The van der Waals surface area contributed by atoms with Crippen LogP contribution in [0.5, 0.6) is 0 Å². The molecule has 0 rings (SSSR count). The Morgan fingerprint density at radius 3 is 1.73 bits per heavy atom. The van der Waals surface area contributed by atoms with E-state index in [1.807, 2.05) is 27.7 Å². The predicted molar refractivity (Wildman–Crippen MR) is 43.3 cm³/mol. The molecule has 0 unspecified atom stereocenters. The topological polar surface area (TPSA) is 27.7 Å². The molecule has 0 spiro atoms. The lowest BCUT2D eigenvalue weighted by Gasteiger charge is -2.19. The largest absolute Gasteiger partial charge is 0.330 e. The Morgan fingerprint density at radius 2 is 1.45 bits per heavy atom. The number of hydrogen-bond acceptors (Lipinski definition) is 3. The van der Waals surface area contributed by atoms with E-state index in [2.05, 4.69) is 0 Å². The number of hydrogen-bond donors (Lipinski definition) is 0. The Kier molecular flexibility index (Phi) is 6.51. The van der Waals surface area contributed by atoms with Crippen LogP contribution in [0.1, 0.15) is 27.7 Å². The molecule has 0 atom stereocenters. The highest BCUT2D eigenvalue weighted by Crippen LogP contribution is 2.01. The van der Waals surface area contributed by atoms with Gasteiger partial charge in [0.2, 0.25) is 0 Å². The maximum absolute atomic E-state index is 5.29. The molecule has 0 heterocycles. The predicted octanol–water partition coefficient (Wildman–Crippen LogP) is 1.77. The van der Waals surface area contributed by atoms with Gasteiger partial charge < -0.3 is 14.2 Å². The normalized spacial score (nSPS) is 11.5. The standard InChI is InChI=1S/C8H18O3/c1-5-9-8(10-6-2)11-7(3)4/h7-8H,5-6H2,1-4H3. The summed E-state index contributed by atoms with van der Waals surface area (Å²) < 4.78 is 15.6. The molecule has 0 amide bonds. The van der Waals surface area contributed by atoms with Crippen LogP contribution in [0.3, 0.4) is 0 Å². The quantitative estimate of drug-likeness (QED) is 0.557. The van der Waals surface area contributed by atoms with Gasteiger partial charge in [-0.3, -0.25) is 0 Å². The first-order valence-electron chi connectivity index (χ1n) is 4.09. The van der Waals surface area contributed by atoms with E-state index in [0.717, 1.165) is 0 Å². The Hall–Kier alpha value is -0.120. The van der Waals surface area contributed by atoms with E-state index in [1.54, 1.807) is 0 Å². The van der Waals surface area contributed by atoms with Crippen LogP contribution in [-0.2, 0) is 14.2 Å². The van der Waals surface area contributed by atoms with Crippen LogP contribution < -0.4 is 0 Å². The molecule has 0 N–H and O–H groups in total. The highest BCUT2D eigenvalue weighted by Gasteiger charge is 2.08. The van der Waals surface area contributed by atoms with E-state index in [9.17, 15) is 0 Å². The van der Waals surface area contributed by atoms with E-state index in [-0.39, 0.29) is 6.10 Å². The fraction of sp³-hybridized carbons (Fsp3) is 1.00. The highest BCUT2D eigenvalue weighted by molar-refractivity contribution is 4.35. The van der Waals surface area contributed by atoms with Crippen molar-refractivity contribution in [3.63, 3.8) is 0 Å². The summed E-state index contributed by atoms with van der Waals surface area (Å²) in [7, 11) is 0. The number of rotatable bonds is 6. The third kappa shape index (κ3) is 6.28. The van der Waals surface area contributed by atoms with Crippen molar-refractivity contribution in [3.05, 3.63) is 0 Å². The number of ether oxygens (including phenoxy) is 3. The van der Waals surface area contributed by atoms with Gasteiger partial charge in [-0.25, -0.2) is 0 Å². The maximum Gasteiger partial charge on any atom is 0.271 e. The van der Waals surface area contributed by atoms with Crippen LogP contribution in [0.25, 0.3) is 0 Å². The second-order valence-corrected chi connectivity index (χ2v) is 2.38. The van der Waals surface area contributed by atoms with Gasteiger partial charge in [0.25, 0.3) is 6.48 Å². The van der Waals surface area contributed by atoms with Gasteiger partial charge in [0.1, 0.15) is 0 Å². The summed E-state index contributed by atoms with van der Waals surface area (Å²) in [6.07, 6.45) is 0.137. The second kappa shape index (κ2) is 6.58. The Balaban J connectivity index is 3.50. The van der Waals surface area contributed by atoms with Crippen molar-refractivity contribution in [2.75, 3.05) is 13.2 Å². The van der Waals surface area contributed by atoms with E-state index in [0.29, 0.717) is 13.2 Å². The fourth-order valence-electron chi connectivity index (χ4n) is 0.621. The molecule has 0 aliphatic rings. The summed E-state index contributed by atoms with van der Waals surface area (Å²) >= 11 is 0. The van der Waals surface area contributed by atoms with Gasteiger partial charge >= 0.3 is 0 Å². The van der Waals surface area contributed by atoms with Crippen LogP contribution in [-0.4, -0.2) is 25.8 Å². The molecule has 0 saturated carbocycles. The van der Waals surface area contributed by atoms with Gasteiger partial charge in [-0.15, -0.1) is 0 Å². The van der Waals surface area contributed by atoms with Crippen molar-refractivity contribution >= 4 is 0 Å². The smallest absolute Gasteiger partial charge is 0.271 e. The fourth-order valence-corrected chi connectivity index (χ4v) is 0.621. The lowest BCUT2D eigenvalue weighted by molar-refractivity contribution is -0.296. The third-order valence-corrected chi connectivity index (χ3v) is 0.989. The molecule has 0 aromatic rings. The van der Waals surface area contributed by atoms with E-state index in [4.69, 9.17) is 14.2 Å². The first kappa shape index (κ1) is 10.9. The molecule has 0 aromatic carbocycles. The van der Waals surface area contributed by atoms with Gasteiger partial charge in [-0.1, -0.05) is 0 Å². The first-order valence-corrected chi connectivity index (χ1v) is 4.09. The Bertz CT molecular complexity index is 77.4. The molecule has 0 radical (unpaired) electrons.